The molecule has 0 aromatic carbocycles. The van der Waals surface area contributed by atoms with Crippen LogP contribution in [0.1, 0.15) is 23.8 Å². The van der Waals surface area contributed by atoms with Gasteiger partial charge < -0.3 is 4.57 Å². The van der Waals surface area contributed by atoms with Crippen LogP contribution in [0.2, 0.25) is 0 Å². The Kier molecular flexibility index (Phi) is 2.80. The zero-order valence-electron chi connectivity index (χ0n) is 7.34. The van der Waals surface area contributed by atoms with Crippen LogP contribution in [-0.2, 0) is 6.54 Å². The molecule has 1 rings (SSSR count). The minimum absolute atomic E-state index is 0.171. The van der Waals surface area contributed by atoms with E-state index in [1.54, 1.807) is 18.3 Å². The third-order valence-corrected chi connectivity index (χ3v) is 1.78. The van der Waals surface area contributed by atoms with Crippen LogP contribution in [0.4, 0.5) is 8.78 Å². The second kappa shape index (κ2) is 3.68. The van der Waals surface area contributed by atoms with Crippen LogP contribution in [0.3, 0.4) is 0 Å². The van der Waals surface area contributed by atoms with Crippen molar-refractivity contribution in [2.75, 3.05) is 0 Å². The van der Waals surface area contributed by atoms with E-state index in [0.717, 1.165) is 6.92 Å². The second-order valence-electron chi connectivity index (χ2n) is 3.06. The van der Waals surface area contributed by atoms with Crippen molar-refractivity contribution in [1.29, 1.82) is 0 Å². The number of hydrogen-bond acceptors (Lipinski definition) is 1. The van der Waals surface area contributed by atoms with E-state index in [9.17, 15) is 13.6 Å². The first-order valence-corrected chi connectivity index (χ1v) is 4.01. The summed E-state index contributed by atoms with van der Waals surface area (Å²) in [5, 5.41) is 0. The van der Waals surface area contributed by atoms with Crippen molar-refractivity contribution in [3.8, 4) is 0 Å². The maximum atomic E-state index is 12.4. The summed E-state index contributed by atoms with van der Waals surface area (Å²) in [5.74, 6) is -2.68. The summed E-state index contributed by atoms with van der Waals surface area (Å²) < 4.78 is 26.4. The molecule has 1 aromatic heterocycles. The molecule has 1 heterocycles. The molecule has 72 valence electrons. The Morgan fingerprint density at radius 3 is 2.85 bits per heavy atom. The number of hydrogen-bond donors (Lipinski definition) is 0. The van der Waals surface area contributed by atoms with Crippen molar-refractivity contribution >= 4 is 6.29 Å². The van der Waals surface area contributed by atoms with Crippen molar-refractivity contribution in [1.82, 2.24) is 4.57 Å². The van der Waals surface area contributed by atoms with E-state index in [4.69, 9.17) is 0 Å². The van der Waals surface area contributed by atoms with Gasteiger partial charge in [-0.15, -0.1) is 0 Å². The van der Waals surface area contributed by atoms with Crippen molar-refractivity contribution in [3.05, 3.63) is 24.0 Å². The van der Waals surface area contributed by atoms with E-state index in [-0.39, 0.29) is 13.0 Å². The van der Waals surface area contributed by atoms with Gasteiger partial charge in [0.25, 0.3) is 0 Å². The standard InChI is InChI=1S/C9H11F2NO/c1-9(10,11)4-6-12-5-2-3-8(12)7-13/h2-3,5,7H,4,6H2,1H3. The lowest BCUT2D eigenvalue weighted by molar-refractivity contribution is 0.00857. The number of aromatic nitrogens is 1. The van der Waals surface area contributed by atoms with Crippen LogP contribution < -0.4 is 0 Å². The molecule has 0 aliphatic heterocycles. The fraction of sp³-hybridized carbons (Fsp3) is 0.444. The Hall–Kier alpha value is -1.19. The Morgan fingerprint density at radius 1 is 1.62 bits per heavy atom. The Bertz CT molecular complexity index is 288. The molecule has 0 saturated heterocycles. The highest BCUT2D eigenvalue weighted by Crippen LogP contribution is 2.17. The van der Waals surface area contributed by atoms with Gasteiger partial charge >= 0.3 is 0 Å². The van der Waals surface area contributed by atoms with Crippen LogP contribution in [0.25, 0.3) is 0 Å². The number of aldehydes is 1. The van der Waals surface area contributed by atoms with Gasteiger partial charge in [-0.05, 0) is 19.1 Å². The lowest BCUT2D eigenvalue weighted by Crippen LogP contribution is -2.14. The van der Waals surface area contributed by atoms with Gasteiger partial charge in [0.2, 0.25) is 5.92 Å². The molecule has 13 heavy (non-hydrogen) atoms. The van der Waals surface area contributed by atoms with Gasteiger partial charge in [0.15, 0.2) is 6.29 Å². The van der Waals surface area contributed by atoms with Crippen molar-refractivity contribution in [2.45, 2.75) is 25.8 Å². The number of rotatable bonds is 4. The number of aryl methyl sites for hydroxylation is 1. The largest absolute Gasteiger partial charge is 0.345 e. The SMILES string of the molecule is CC(F)(F)CCn1cccc1C=O. The van der Waals surface area contributed by atoms with Crippen LogP contribution in [-0.4, -0.2) is 16.8 Å². The first kappa shape index (κ1) is 9.89. The Labute approximate surface area is 75.2 Å². The van der Waals surface area contributed by atoms with Gasteiger partial charge in [-0.2, -0.15) is 0 Å². The van der Waals surface area contributed by atoms with E-state index in [1.807, 2.05) is 0 Å². The van der Waals surface area contributed by atoms with Gasteiger partial charge in [-0.3, -0.25) is 4.79 Å². The maximum absolute atomic E-state index is 12.4. The number of nitrogens with zero attached hydrogens (tertiary/aromatic N) is 1. The van der Waals surface area contributed by atoms with E-state index in [1.165, 1.54) is 4.57 Å². The maximum Gasteiger partial charge on any atom is 0.247 e. The topological polar surface area (TPSA) is 22.0 Å². The molecule has 0 aliphatic carbocycles. The van der Waals surface area contributed by atoms with E-state index in [2.05, 4.69) is 0 Å². The minimum Gasteiger partial charge on any atom is -0.345 e. The number of halogens is 2. The summed E-state index contributed by atoms with van der Waals surface area (Å²) in [6, 6.07) is 3.26. The fourth-order valence-corrected chi connectivity index (χ4v) is 1.05. The molecular weight excluding hydrogens is 176 g/mol. The summed E-state index contributed by atoms with van der Waals surface area (Å²) in [6.07, 6.45) is 2.03. The molecule has 0 unspecified atom stereocenters. The lowest BCUT2D eigenvalue weighted by Gasteiger charge is -2.11. The second-order valence-corrected chi connectivity index (χ2v) is 3.06. The molecule has 0 atom stereocenters. The van der Waals surface area contributed by atoms with Gasteiger partial charge in [0, 0.05) is 19.2 Å². The molecule has 0 amide bonds. The van der Waals surface area contributed by atoms with E-state index in [0.29, 0.717) is 12.0 Å². The number of alkyl halides is 2. The van der Waals surface area contributed by atoms with Crippen molar-refractivity contribution in [2.24, 2.45) is 0 Å². The first-order chi connectivity index (χ1) is 6.03. The molecule has 1 aromatic rings. The average molecular weight is 187 g/mol. The highest BCUT2D eigenvalue weighted by atomic mass is 19.3. The molecule has 0 spiro atoms. The molecule has 4 heteroatoms. The quantitative estimate of drug-likeness (QED) is 0.663. The monoisotopic (exact) mass is 187 g/mol. The molecule has 0 bridgehead atoms. The van der Waals surface area contributed by atoms with Gasteiger partial charge in [0.1, 0.15) is 0 Å². The zero-order chi connectivity index (χ0) is 9.90. The molecule has 2 nitrogen and oxygen atoms in total. The van der Waals surface area contributed by atoms with Crippen molar-refractivity contribution < 1.29 is 13.6 Å². The average Bonchev–Trinajstić information content (AvgIpc) is 2.46. The smallest absolute Gasteiger partial charge is 0.247 e. The summed E-state index contributed by atoms with van der Waals surface area (Å²) in [6.45, 7) is 1.04. The predicted octanol–water partition coefficient (Wildman–Crippen LogP) is 2.35. The fourth-order valence-electron chi connectivity index (χ4n) is 1.05. The first-order valence-electron chi connectivity index (χ1n) is 4.01. The molecule has 0 N–H and O–H groups in total. The van der Waals surface area contributed by atoms with Crippen molar-refractivity contribution in [3.63, 3.8) is 0 Å². The van der Waals surface area contributed by atoms with Crippen LogP contribution in [0, 0.1) is 0 Å². The summed E-state index contributed by atoms with van der Waals surface area (Å²) in [5.41, 5.74) is 0.434. The molecule has 0 fully saturated rings. The summed E-state index contributed by atoms with van der Waals surface area (Å²) in [7, 11) is 0. The lowest BCUT2D eigenvalue weighted by atomic mass is 10.2. The third kappa shape index (κ3) is 2.97. The van der Waals surface area contributed by atoms with E-state index >= 15 is 0 Å². The Morgan fingerprint density at radius 2 is 2.31 bits per heavy atom. The van der Waals surface area contributed by atoms with Gasteiger partial charge in [-0.1, -0.05) is 0 Å². The van der Waals surface area contributed by atoms with Crippen LogP contribution >= 0.6 is 0 Å². The molecule has 0 radical (unpaired) electrons. The zero-order valence-corrected chi connectivity index (χ0v) is 7.34. The van der Waals surface area contributed by atoms with E-state index < -0.39 is 5.92 Å². The molecular formula is C9H11F2NO. The Balaban J connectivity index is 2.59. The summed E-state index contributed by atoms with van der Waals surface area (Å²) in [4.78, 5) is 10.4. The highest BCUT2D eigenvalue weighted by molar-refractivity contribution is 5.72. The van der Waals surface area contributed by atoms with Crippen LogP contribution in [0.5, 0.6) is 0 Å². The van der Waals surface area contributed by atoms with Gasteiger partial charge in [0.05, 0.1) is 5.69 Å². The highest BCUT2D eigenvalue weighted by Gasteiger charge is 2.20. The molecule has 0 saturated carbocycles. The minimum atomic E-state index is -2.68. The normalized spacial score (nSPS) is 11.6. The predicted molar refractivity (Wildman–Crippen MR) is 45.1 cm³/mol. The van der Waals surface area contributed by atoms with Gasteiger partial charge in [-0.25, -0.2) is 8.78 Å². The third-order valence-electron chi connectivity index (χ3n) is 1.78. The summed E-state index contributed by atoms with van der Waals surface area (Å²) >= 11 is 0. The van der Waals surface area contributed by atoms with Crippen LogP contribution in [0.15, 0.2) is 18.3 Å². The molecule has 0 aliphatic rings. The number of carbonyl (C=O) groups excluding carboxylic acids is 1. The number of carbonyl (C=O) groups is 1.